The van der Waals surface area contributed by atoms with Gasteiger partial charge in [-0.2, -0.15) is 11.8 Å². The van der Waals surface area contributed by atoms with Crippen LogP contribution in [0.5, 0.6) is 0 Å². The lowest BCUT2D eigenvalue weighted by Gasteiger charge is -2.33. The molecule has 1 aromatic heterocycles. The van der Waals surface area contributed by atoms with Gasteiger partial charge in [-0.1, -0.05) is 11.3 Å². The summed E-state index contributed by atoms with van der Waals surface area (Å²) in [6, 6.07) is 0.371. The molecule has 118 valence electrons. The molecule has 0 saturated carbocycles. The van der Waals surface area contributed by atoms with Crippen molar-refractivity contribution in [3.8, 4) is 0 Å². The minimum absolute atomic E-state index is 0.371. The van der Waals surface area contributed by atoms with Crippen LogP contribution < -0.4 is 10.2 Å². The number of thioether (sulfide) groups is 1. The third-order valence-corrected chi connectivity index (χ3v) is 8.00. The van der Waals surface area contributed by atoms with Crippen molar-refractivity contribution < 1.29 is 8.42 Å². The predicted octanol–water partition coefficient (Wildman–Crippen LogP) is 1.66. The van der Waals surface area contributed by atoms with Crippen LogP contribution in [-0.4, -0.2) is 50.1 Å². The van der Waals surface area contributed by atoms with Crippen LogP contribution in [0, 0.1) is 0 Å². The van der Waals surface area contributed by atoms with Gasteiger partial charge in [-0.15, -0.1) is 0 Å². The number of aromatic nitrogens is 1. The molecule has 1 aliphatic heterocycles. The van der Waals surface area contributed by atoms with E-state index in [2.05, 4.69) is 5.32 Å². The summed E-state index contributed by atoms with van der Waals surface area (Å²) in [6.07, 6.45) is 4.63. The molecular formula is C13H21N3O2S3. The maximum atomic E-state index is 12.0. The first kappa shape index (κ1) is 15.6. The molecule has 1 saturated heterocycles. The van der Waals surface area contributed by atoms with E-state index in [0.29, 0.717) is 11.8 Å². The molecule has 0 amide bonds. The molecule has 21 heavy (non-hydrogen) atoms. The molecule has 0 spiro atoms. The highest BCUT2D eigenvalue weighted by Gasteiger charge is 2.34. The molecular weight excluding hydrogens is 326 g/mol. The first-order chi connectivity index (χ1) is 10.0. The van der Waals surface area contributed by atoms with Crippen molar-refractivity contribution >= 4 is 38.1 Å². The molecule has 1 aromatic rings. The summed E-state index contributed by atoms with van der Waals surface area (Å²) in [6.45, 7) is 0.763. The van der Waals surface area contributed by atoms with Gasteiger partial charge in [0.1, 0.15) is 5.37 Å². The largest absolute Gasteiger partial charge is 0.329 e. The first-order valence-electron chi connectivity index (χ1n) is 7.21. The summed E-state index contributed by atoms with van der Waals surface area (Å²) < 4.78 is 24.1. The van der Waals surface area contributed by atoms with Gasteiger partial charge in [0, 0.05) is 35.2 Å². The van der Waals surface area contributed by atoms with Gasteiger partial charge in [-0.05, 0) is 26.3 Å². The first-order valence-corrected chi connectivity index (χ1v) is 11.1. The second-order valence-corrected chi connectivity index (χ2v) is 9.96. The van der Waals surface area contributed by atoms with Crippen molar-refractivity contribution in [2.45, 2.75) is 30.7 Å². The molecule has 2 atom stereocenters. The Kier molecular flexibility index (Phi) is 4.50. The van der Waals surface area contributed by atoms with Crippen LogP contribution in [0.4, 0.5) is 5.13 Å². The van der Waals surface area contributed by atoms with Crippen LogP contribution in [-0.2, 0) is 16.3 Å². The fourth-order valence-corrected chi connectivity index (χ4v) is 7.18. The average Bonchev–Trinajstić information content (AvgIpc) is 2.90. The van der Waals surface area contributed by atoms with Crippen molar-refractivity contribution in [3.05, 3.63) is 10.6 Å². The molecule has 0 radical (unpaired) electrons. The smallest absolute Gasteiger partial charge is 0.186 e. The summed E-state index contributed by atoms with van der Waals surface area (Å²) >= 11 is 3.38. The SMILES string of the molecule is CNC1CCCc2nc(N3CCSCC3S(C)(=O)=O)sc21. The maximum Gasteiger partial charge on any atom is 0.186 e. The van der Waals surface area contributed by atoms with Crippen molar-refractivity contribution in [2.75, 3.05) is 36.3 Å². The predicted molar refractivity (Wildman–Crippen MR) is 90.2 cm³/mol. The maximum absolute atomic E-state index is 12.0. The number of thiazole rings is 1. The van der Waals surface area contributed by atoms with E-state index in [1.54, 1.807) is 23.1 Å². The van der Waals surface area contributed by atoms with E-state index in [4.69, 9.17) is 4.98 Å². The Labute approximate surface area is 134 Å². The number of fused-ring (bicyclic) bond motifs is 1. The van der Waals surface area contributed by atoms with E-state index >= 15 is 0 Å². The van der Waals surface area contributed by atoms with E-state index in [1.165, 1.54) is 11.1 Å². The van der Waals surface area contributed by atoms with Crippen molar-refractivity contribution in [2.24, 2.45) is 0 Å². The zero-order valence-electron chi connectivity index (χ0n) is 12.3. The quantitative estimate of drug-likeness (QED) is 0.897. The lowest BCUT2D eigenvalue weighted by atomic mass is 9.98. The van der Waals surface area contributed by atoms with Gasteiger partial charge in [-0.3, -0.25) is 0 Å². The summed E-state index contributed by atoms with van der Waals surface area (Å²) in [7, 11) is -1.11. The summed E-state index contributed by atoms with van der Waals surface area (Å²) in [5.41, 5.74) is 1.16. The molecule has 2 aliphatic rings. The minimum atomic E-state index is -3.09. The Morgan fingerprint density at radius 1 is 1.43 bits per heavy atom. The summed E-state index contributed by atoms with van der Waals surface area (Å²) in [4.78, 5) is 8.06. The molecule has 5 nitrogen and oxygen atoms in total. The van der Waals surface area contributed by atoms with E-state index < -0.39 is 15.2 Å². The summed E-state index contributed by atoms with van der Waals surface area (Å²) in [5.74, 6) is 1.60. The fourth-order valence-electron chi connectivity index (χ4n) is 2.96. The lowest BCUT2D eigenvalue weighted by molar-refractivity contribution is 0.501. The number of hydrogen-bond acceptors (Lipinski definition) is 7. The number of aryl methyl sites for hydroxylation is 1. The number of sulfone groups is 1. The van der Waals surface area contributed by atoms with Gasteiger partial charge in [0.15, 0.2) is 15.0 Å². The van der Waals surface area contributed by atoms with E-state index in [1.807, 2.05) is 11.9 Å². The number of hydrogen-bond donors (Lipinski definition) is 1. The molecule has 8 heteroatoms. The lowest BCUT2D eigenvalue weighted by Crippen LogP contribution is -2.47. The number of rotatable bonds is 3. The Bertz CT molecular complexity index is 614. The van der Waals surface area contributed by atoms with Crippen molar-refractivity contribution in [1.29, 1.82) is 0 Å². The Hall–Kier alpha value is -0.310. The highest BCUT2D eigenvalue weighted by molar-refractivity contribution is 8.01. The van der Waals surface area contributed by atoms with E-state index in [9.17, 15) is 8.42 Å². The highest BCUT2D eigenvalue weighted by Crippen LogP contribution is 2.39. The molecule has 0 aromatic carbocycles. The highest BCUT2D eigenvalue weighted by atomic mass is 32.2. The van der Waals surface area contributed by atoms with Gasteiger partial charge >= 0.3 is 0 Å². The number of nitrogens with one attached hydrogen (secondary N) is 1. The standard InChI is InChI=1S/C13H21N3O2S3/c1-14-9-4-3-5-10-12(9)20-13(15-10)16-6-7-19-8-11(16)21(2,17)18/h9,11,14H,3-8H2,1-2H3. The average molecular weight is 348 g/mol. The monoisotopic (exact) mass is 347 g/mol. The van der Waals surface area contributed by atoms with Crippen LogP contribution in [0.2, 0.25) is 0 Å². The second kappa shape index (κ2) is 6.06. The van der Waals surface area contributed by atoms with Crippen LogP contribution in [0.15, 0.2) is 0 Å². The Morgan fingerprint density at radius 2 is 2.24 bits per heavy atom. The zero-order valence-corrected chi connectivity index (χ0v) is 14.8. The molecule has 1 N–H and O–H groups in total. The second-order valence-electron chi connectivity index (χ2n) is 5.59. The van der Waals surface area contributed by atoms with Gasteiger partial charge in [0.2, 0.25) is 0 Å². The number of nitrogens with zero attached hydrogens (tertiary/aromatic N) is 2. The zero-order chi connectivity index (χ0) is 15.0. The van der Waals surface area contributed by atoms with Gasteiger partial charge < -0.3 is 10.2 Å². The third kappa shape index (κ3) is 3.09. The topological polar surface area (TPSA) is 62.3 Å². The van der Waals surface area contributed by atoms with Crippen molar-refractivity contribution in [1.82, 2.24) is 10.3 Å². The molecule has 0 bridgehead atoms. The molecule has 2 heterocycles. The summed E-state index contributed by atoms with van der Waals surface area (Å²) in [5, 5.41) is 3.80. The van der Waals surface area contributed by atoms with E-state index in [-0.39, 0.29) is 0 Å². The Morgan fingerprint density at radius 3 is 2.95 bits per heavy atom. The minimum Gasteiger partial charge on any atom is -0.329 e. The number of anilines is 1. The molecule has 1 aliphatic carbocycles. The van der Waals surface area contributed by atoms with Gasteiger partial charge in [0.05, 0.1) is 5.69 Å². The molecule has 2 unspecified atom stereocenters. The van der Waals surface area contributed by atoms with Gasteiger partial charge in [-0.25, -0.2) is 13.4 Å². The van der Waals surface area contributed by atoms with Crippen LogP contribution in [0.1, 0.15) is 29.5 Å². The van der Waals surface area contributed by atoms with E-state index in [0.717, 1.165) is 42.4 Å². The van der Waals surface area contributed by atoms with Crippen LogP contribution in [0.25, 0.3) is 0 Å². The van der Waals surface area contributed by atoms with Crippen LogP contribution >= 0.6 is 23.1 Å². The van der Waals surface area contributed by atoms with Crippen molar-refractivity contribution in [3.63, 3.8) is 0 Å². The third-order valence-electron chi connectivity index (χ3n) is 4.11. The normalized spacial score (nSPS) is 26.7. The van der Waals surface area contributed by atoms with Crippen LogP contribution in [0.3, 0.4) is 0 Å². The van der Waals surface area contributed by atoms with Gasteiger partial charge in [0.25, 0.3) is 0 Å². The molecule has 3 rings (SSSR count). The Balaban J connectivity index is 1.94. The fraction of sp³-hybridized carbons (Fsp3) is 0.769. The molecule has 1 fully saturated rings.